The summed E-state index contributed by atoms with van der Waals surface area (Å²) >= 11 is 0. The number of piperidine rings is 2. The van der Waals surface area contributed by atoms with Crippen molar-refractivity contribution in [1.82, 2.24) is 20.4 Å². The van der Waals surface area contributed by atoms with Gasteiger partial charge in [0.1, 0.15) is 0 Å². The number of hydrogen-bond donors (Lipinski definition) is 3. The number of aromatic nitrogens is 2. The maximum Gasteiger partial charge on any atom is 0.166 e. The van der Waals surface area contributed by atoms with Crippen molar-refractivity contribution in [3.8, 4) is 0 Å². The van der Waals surface area contributed by atoms with Crippen LogP contribution in [0.5, 0.6) is 0 Å². The molecule has 2 fully saturated rings. The van der Waals surface area contributed by atoms with E-state index in [0.717, 1.165) is 61.8 Å². The number of H-pyrrole nitrogens is 1. The molecular formula is C20H29N5O. The first-order valence-electron chi connectivity index (χ1n) is 9.90. The zero-order valence-corrected chi connectivity index (χ0v) is 15.3. The number of likely N-dealkylation sites (tertiary alicyclic amines) is 1. The van der Waals surface area contributed by atoms with Crippen molar-refractivity contribution in [2.75, 3.05) is 19.6 Å². The number of hydrogen-bond acceptors (Lipinski definition) is 5. The number of carbonyl (C=O) groups excluding carboxylic acids is 1. The average molecular weight is 355 g/mol. The lowest BCUT2D eigenvalue weighted by molar-refractivity contribution is -0.128. The summed E-state index contributed by atoms with van der Waals surface area (Å²) in [4.78, 5) is 15.6. The number of Topliss-reactive ketones (excluding diaryl/α,β-unsaturated/α-hetero) is 1. The van der Waals surface area contributed by atoms with Crippen molar-refractivity contribution in [3.05, 3.63) is 30.0 Å². The van der Waals surface area contributed by atoms with Gasteiger partial charge in [0.05, 0.1) is 23.8 Å². The molecule has 4 rings (SSSR count). The third kappa shape index (κ3) is 3.68. The number of fused-ring (bicyclic) bond motifs is 1. The topological polar surface area (TPSA) is 87.0 Å². The molecule has 2 aliphatic heterocycles. The van der Waals surface area contributed by atoms with Gasteiger partial charge in [-0.25, -0.2) is 0 Å². The summed E-state index contributed by atoms with van der Waals surface area (Å²) in [6.07, 6.45) is 7.96. The minimum Gasteiger partial charge on any atom is -0.321 e. The fourth-order valence-electron chi connectivity index (χ4n) is 4.56. The van der Waals surface area contributed by atoms with Gasteiger partial charge in [-0.3, -0.25) is 14.8 Å². The predicted octanol–water partition coefficient (Wildman–Crippen LogP) is 1.61. The molecule has 6 heteroatoms. The van der Waals surface area contributed by atoms with E-state index in [4.69, 9.17) is 5.73 Å². The lowest BCUT2D eigenvalue weighted by atomic mass is 9.89. The summed E-state index contributed by atoms with van der Waals surface area (Å²) in [5.41, 5.74) is 8.49. The van der Waals surface area contributed by atoms with Gasteiger partial charge in [0, 0.05) is 11.4 Å². The minimum atomic E-state index is -0.438. The van der Waals surface area contributed by atoms with Crippen molar-refractivity contribution in [1.29, 1.82) is 0 Å². The fourth-order valence-corrected chi connectivity index (χ4v) is 4.56. The van der Waals surface area contributed by atoms with E-state index < -0.39 is 6.04 Å². The Hall–Kier alpha value is -1.76. The molecule has 3 heterocycles. The number of nitrogens with one attached hydrogen (secondary N) is 2. The molecule has 1 aromatic heterocycles. The molecule has 0 saturated carbocycles. The van der Waals surface area contributed by atoms with Crippen LogP contribution >= 0.6 is 0 Å². The van der Waals surface area contributed by atoms with Gasteiger partial charge >= 0.3 is 0 Å². The second-order valence-corrected chi connectivity index (χ2v) is 7.74. The Bertz CT molecular complexity index is 751. The monoisotopic (exact) mass is 355 g/mol. The molecule has 2 aliphatic rings. The number of ketones is 1. The van der Waals surface area contributed by atoms with Crippen molar-refractivity contribution < 1.29 is 4.79 Å². The summed E-state index contributed by atoms with van der Waals surface area (Å²) in [5, 5.41) is 11.5. The molecule has 1 aromatic carbocycles. The van der Waals surface area contributed by atoms with Crippen LogP contribution in [-0.4, -0.2) is 58.6 Å². The Balaban J connectivity index is 1.45. The molecule has 26 heavy (non-hydrogen) atoms. The van der Waals surface area contributed by atoms with Gasteiger partial charge in [0.2, 0.25) is 0 Å². The van der Waals surface area contributed by atoms with Crippen LogP contribution < -0.4 is 11.1 Å². The van der Waals surface area contributed by atoms with Gasteiger partial charge in [0.15, 0.2) is 5.78 Å². The van der Waals surface area contributed by atoms with Gasteiger partial charge in [-0.15, -0.1) is 0 Å². The van der Waals surface area contributed by atoms with Crippen molar-refractivity contribution in [3.63, 3.8) is 0 Å². The first-order chi connectivity index (χ1) is 12.7. The standard InChI is InChI=1S/C20H29N5O/c21-17(12-14-4-5-18-15(11-14)13-23-24-18)20(26)19-3-1-2-10-25(19)16-6-8-22-9-7-16/h4-5,11,13,16-17,19,22H,1-3,6-10,12,21H2,(H,23,24). The first kappa shape index (κ1) is 17.6. The number of carbonyl (C=O) groups is 1. The maximum absolute atomic E-state index is 13.2. The number of rotatable bonds is 5. The Morgan fingerprint density at radius 3 is 2.96 bits per heavy atom. The molecule has 0 radical (unpaired) electrons. The highest BCUT2D eigenvalue weighted by atomic mass is 16.1. The molecule has 0 spiro atoms. The molecule has 2 unspecified atom stereocenters. The average Bonchev–Trinajstić information content (AvgIpc) is 3.16. The Kier molecular flexibility index (Phi) is 5.33. The number of nitrogens with two attached hydrogens (primary N) is 1. The molecular weight excluding hydrogens is 326 g/mol. The van der Waals surface area contributed by atoms with E-state index in [0.29, 0.717) is 12.5 Å². The van der Waals surface area contributed by atoms with E-state index in [-0.39, 0.29) is 11.8 Å². The SMILES string of the molecule is NC(Cc1ccc2[nH]ncc2c1)C(=O)C1CCCCN1C1CCNCC1. The number of benzene rings is 1. The van der Waals surface area contributed by atoms with Crippen LogP contribution in [0, 0.1) is 0 Å². The molecule has 6 nitrogen and oxygen atoms in total. The van der Waals surface area contributed by atoms with E-state index in [1.807, 2.05) is 18.3 Å². The summed E-state index contributed by atoms with van der Waals surface area (Å²) in [6, 6.07) is 6.22. The van der Waals surface area contributed by atoms with E-state index in [1.165, 1.54) is 6.42 Å². The van der Waals surface area contributed by atoms with E-state index in [2.05, 4.69) is 26.5 Å². The molecule has 0 aliphatic carbocycles. The van der Waals surface area contributed by atoms with Crippen LogP contribution in [-0.2, 0) is 11.2 Å². The quantitative estimate of drug-likeness (QED) is 0.758. The van der Waals surface area contributed by atoms with Crippen LogP contribution in [0.4, 0.5) is 0 Å². The van der Waals surface area contributed by atoms with Gasteiger partial charge < -0.3 is 11.1 Å². The minimum absolute atomic E-state index is 0.000457. The zero-order chi connectivity index (χ0) is 17.9. The predicted molar refractivity (Wildman–Crippen MR) is 103 cm³/mol. The summed E-state index contributed by atoms with van der Waals surface area (Å²) in [5.74, 6) is 0.218. The third-order valence-electron chi connectivity index (χ3n) is 5.98. The number of nitrogens with zero attached hydrogens (tertiary/aromatic N) is 2. The van der Waals surface area contributed by atoms with Crippen LogP contribution in [0.15, 0.2) is 24.4 Å². The molecule has 140 valence electrons. The summed E-state index contributed by atoms with van der Waals surface area (Å²) in [7, 11) is 0. The Morgan fingerprint density at radius 1 is 1.27 bits per heavy atom. The second-order valence-electron chi connectivity index (χ2n) is 7.74. The molecule has 2 aromatic rings. The van der Waals surface area contributed by atoms with E-state index >= 15 is 0 Å². The third-order valence-corrected chi connectivity index (χ3v) is 5.98. The van der Waals surface area contributed by atoms with Gasteiger partial charge in [-0.2, -0.15) is 5.10 Å². The highest BCUT2D eigenvalue weighted by Crippen LogP contribution is 2.25. The van der Waals surface area contributed by atoms with Gasteiger partial charge in [0.25, 0.3) is 0 Å². The Labute approximate surface area is 154 Å². The molecule has 2 saturated heterocycles. The van der Waals surface area contributed by atoms with E-state index in [1.54, 1.807) is 0 Å². The number of aromatic amines is 1. The van der Waals surface area contributed by atoms with Crippen LogP contribution in [0.3, 0.4) is 0 Å². The summed E-state index contributed by atoms with van der Waals surface area (Å²) in [6.45, 7) is 3.15. The van der Waals surface area contributed by atoms with Crippen molar-refractivity contribution in [2.24, 2.45) is 5.73 Å². The molecule has 0 amide bonds. The first-order valence-corrected chi connectivity index (χ1v) is 9.90. The molecule has 0 bridgehead atoms. The fraction of sp³-hybridized carbons (Fsp3) is 0.600. The normalized spacial score (nSPS) is 24.0. The zero-order valence-electron chi connectivity index (χ0n) is 15.3. The molecule has 4 N–H and O–H groups in total. The van der Waals surface area contributed by atoms with Crippen LogP contribution in [0.2, 0.25) is 0 Å². The van der Waals surface area contributed by atoms with E-state index in [9.17, 15) is 4.79 Å². The molecule has 2 atom stereocenters. The van der Waals surface area contributed by atoms with Crippen molar-refractivity contribution >= 4 is 16.7 Å². The Morgan fingerprint density at radius 2 is 2.12 bits per heavy atom. The van der Waals surface area contributed by atoms with Gasteiger partial charge in [-0.1, -0.05) is 12.5 Å². The lowest BCUT2D eigenvalue weighted by Gasteiger charge is -2.42. The second kappa shape index (κ2) is 7.86. The lowest BCUT2D eigenvalue weighted by Crippen LogP contribution is -2.56. The van der Waals surface area contributed by atoms with Gasteiger partial charge in [-0.05, 0) is 69.4 Å². The highest BCUT2D eigenvalue weighted by Gasteiger charge is 2.35. The largest absolute Gasteiger partial charge is 0.321 e. The smallest absolute Gasteiger partial charge is 0.166 e. The summed E-state index contributed by atoms with van der Waals surface area (Å²) < 4.78 is 0. The van der Waals surface area contributed by atoms with Crippen LogP contribution in [0.1, 0.15) is 37.7 Å². The maximum atomic E-state index is 13.2. The highest BCUT2D eigenvalue weighted by molar-refractivity contribution is 5.89. The van der Waals surface area contributed by atoms with Crippen molar-refractivity contribution in [2.45, 2.75) is 56.7 Å². The van der Waals surface area contributed by atoms with Crippen LogP contribution in [0.25, 0.3) is 10.9 Å².